The van der Waals surface area contributed by atoms with Crippen molar-refractivity contribution in [3.63, 3.8) is 0 Å². The van der Waals surface area contributed by atoms with E-state index < -0.39 is 67.4 Å². The van der Waals surface area contributed by atoms with Crippen LogP contribution in [0.4, 0.5) is 0 Å². The second kappa shape index (κ2) is 55.1. The van der Waals surface area contributed by atoms with E-state index in [0.29, 0.717) is 12.8 Å². The maximum Gasteiger partial charge on any atom is 0.306 e. The van der Waals surface area contributed by atoms with Gasteiger partial charge < -0.3 is 45.1 Å². The van der Waals surface area contributed by atoms with Gasteiger partial charge in [0.2, 0.25) is 5.91 Å². The largest absolute Gasteiger partial charge is 0.454 e. The van der Waals surface area contributed by atoms with Gasteiger partial charge in [-0.3, -0.25) is 9.59 Å². The number of unbranched alkanes of at least 4 members (excludes halogenated alkanes) is 25. The van der Waals surface area contributed by atoms with Crippen molar-refractivity contribution in [2.75, 3.05) is 13.2 Å². The number of amides is 1. The summed E-state index contributed by atoms with van der Waals surface area (Å²) < 4.78 is 17.6. The highest BCUT2D eigenvalue weighted by atomic mass is 16.7. The first-order chi connectivity index (χ1) is 38.7. The summed E-state index contributed by atoms with van der Waals surface area (Å²) in [4.78, 5) is 26.5. The number of rotatable bonds is 53. The van der Waals surface area contributed by atoms with Crippen LogP contribution in [-0.4, -0.2) is 99.6 Å². The predicted molar refractivity (Wildman–Crippen MR) is 329 cm³/mol. The van der Waals surface area contributed by atoms with Crippen LogP contribution >= 0.6 is 0 Å². The molecular weight excluding hydrogens is 991 g/mol. The molecule has 0 saturated carbocycles. The van der Waals surface area contributed by atoms with Crippen LogP contribution in [-0.2, 0) is 23.8 Å². The van der Waals surface area contributed by atoms with E-state index in [1.807, 2.05) is 6.08 Å². The Hall–Kier alpha value is -3.42. The van der Waals surface area contributed by atoms with Crippen molar-refractivity contribution in [1.82, 2.24) is 5.32 Å². The van der Waals surface area contributed by atoms with Crippen molar-refractivity contribution in [2.45, 2.75) is 307 Å². The lowest BCUT2D eigenvalue weighted by molar-refractivity contribution is -0.305. The van der Waals surface area contributed by atoms with Crippen LogP contribution in [0, 0.1) is 0 Å². The smallest absolute Gasteiger partial charge is 0.306 e. The summed E-state index contributed by atoms with van der Waals surface area (Å²) in [5.74, 6) is -1.23. The standard InChI is InChI=1S/C68H117NO10/c1-4-7-10-13-16-19-22-25-27-28-29-30-31-32-33-34-35-36-37-40-43-46-49-52-55-61(72)67(76)69-59(60(71)54-51-48-45-42-39-24-21-18-15-12-9-6-3)58-77-68-66(65(75)64(74)62(57-70)78-68)79-63(73)56-53-50-47-44-41-38-26-23-20-17-14-11-8-5-2/h8,11,16-17,19-20,25-27,29-30,32-33,38,51,54,59-62,64-66,68,70-72,74-75H,4-7,9-10,12-15,18,21-24,28,31,34-37,39-50,52-53,55-58H2,1-3H3,(H,69,76)/b11-8+,19-16-,20-17+,27-25-,30-29-,33-32-,38-26+,54-51+. The number of nitrogens with one attached hydrogen (secondary N) is 1. The molecule has 1 saturated heterocycles. The molecule has 0 aliphatic carbocycles. The van der Waals surface area contributed by atoms with E-state index >= 15 is 0 Å². The Kier molecular flexibility index (Phi) is 51.4. The van der Waals surface area contributed by atoms with Gasteiger partial charge in [0.25, 0.3) is 0 Å². The Labute approximate surface area is 482 Å². The van der Waals surface area contributed by atoms with E-state index in [4.69, 9.17) is 14.2 Å². The Morgan fingerprint density at radius 2 is 0.911 bits per heavy atom. The third kappa shape index (κ3) is 43.0. The van der Waals surface area contributed by atoms with Crippen LogP contribution in [0.5, 0.6) is 0 Å². The molecule has 454 valence electrons. The summed E-state index contributed by atoms with van der Waals surface area (Å²) in [6.07, 6.45) is 63.0. The second-order valence-electron chi connectivity index (χ2n) is 21.8. The quantitative estimate of drug-likeness (QED) is 0.0195. The monoisotopic (exact) mass is 1110 g/mol. The molecule has 6 N–H and O–H groups in total. The molecule has 0 radical (unpaired) electrons. The number of ether oxygens (including phenoxy) is 3. The number of carbonyl (C=O) groups is 2. The van der Waals surface area contributed by atoms with Crippen molar-refractivity contribution >= 4 is 11.9 Å². The van der Waals surface area contributed by atoms with Gasteiger partial charge in [-0.1, -0.05) is 246 Å². The molecule has 1 fully saturated rings. The Balaban J connectivity index is 2.65. The van der Waals surface area contributed by atoms with E-state index in [9.17, 15) is 35.1 Å². The molecule has 1 amide bonds. The average Bonchev–Trinajstić information content (AvgIpc) is 3.49. The molecule has 0 aromatic rings. The number of allylic oxidation sites excluding steroid dienone is 15. The maximum atomic E-state index is 13.4. The van der Waals surface area contributed by atoms with Gasteiger partial charge >= 0.3 is 5.97 Å². The number of carbonyl (C=O) groups excluding carboxylic acids is 2. The van der Waals surface area contributed by atoms with Crippen LogP contribution < -0.4 is 5.32 Å². The molecule has 11 heteroatoms. The minimum Gasteiger partial charge on any atom is -0.454 e. The highest BCUT2D eigenvalue weighted by Crippen LogP contribution is 2.26. The molecule has 8 atom stereocenters. The molecule has 79 heavy (non-hydrogen) atoms. The maximum absolute atomic E-state index is 13.4. The molecule has 0 aromatic heterocycles. The van der Waals surface area contributed by atoms with Gasteiger partial charge in [-0.2, -0.15) is 0 Å². The number of hydrogen-bond acceptors (Lipinski definition) is 10. The molecular formula is C68H117NO10. The summed E-state index contributed by atoms with van der Waals surface area (Å²) in [6, 6.07) is -1.04. The molecule has 8 unspecified atom stereocenters. The fourth-order valence-electron chi connectivity index (χ4n) is 9.41. The molecule has 1 aliphatic heterocycles. The Bertz CT molecular complexity index is 1650. The molecule has 1 aliphatic rings. The molecule has 1 rings (SSSR count). The van der Waals surface area contributed by atoms with Crippen LogP contribution in [0.3, 0.4) is 0 Å². The molecule has 1 heterocycles. The first-order valence-electron chi connectivity index (χ1n) is 32.0. The van der Waals surface area contributed by atoms with E-state index in [1.54, 1.807) is 6.08 Å². The molecule has 0 bridgehead atoms. The first-order valence-corrected chi connectivity index (χ1v) is 32.0. The average molecular weight is 1110 g/mol. The van der Waals surface area contributed by atoms with Crippen LogP contribution in [0.25, 0.3) is 0 Å². The lowest BCUT2D eigenvalue weighted by atomic mass is 9.99. The zero-order chi connectivity index (χ0) is 57.5. The van der Waals surface area contributed by atoms with Crippen LogP contribution in [0.15, 0.2) is 97.2 Å². The zero-order valence-electron chi connectivity index (χ0n) is 50.2. The molecule has 0 aromatic carbocycles. The molecule has 11 nitrogen and oxygen atoms in total. The van der Waals surface area contributed by atoms with E-state index in [2.05, 4.69) is 111 Å². The third-order valence-corrected chi connectivity index (χ3v) is 14.5. The van der Waals surface area contributed by atoms with Gasteiger partial charge in [0.05, 0.1) is 25.4 Å². The van der Waals surface area contributed by atoms with Gasteiger partial charge in [-0.25, -0.2) is 0 Å². The lowest BCUT2D eigenvalue weighted by Gasteiger charge is -2.41. The van der Waals surface area contributed by atoms with E-state index in [-0.39, 0.29) is 19.4 Å². The second-order valence-corrected chi connectivity index (χ2v) is 21.8. The summed E-state index contributed by atoms with van der Waals surface area (Å²) in [7, 11) is 0. The molecule has 0 spiro atoms. The summed E-state index contributed by atoms with van der Waals surface area (Å²) in [5.41, 5.74) is 0. The normalized spacial score (nSPS) is 19.5. The number of aliphatic hydroxyl groups excluding tert-OH is 5. The van der Waals surface area contributed by atoms with Gasteiger partial charge in [0, 0.05) is 6.42 Å². The topological polar surface area (TPSA) is 175 Å². The minimum absolute atomic E-state index is 0.0928. The Morgan fingerprint density at radius 1 is 0.506 bits per heavy atom. The van der Waals surface area contributed by atoms with Crippen molar-refractivity contribution in [1.29, 1.82) is 0 Å². The highest BCUT2D eigenvalue weighted by Gasteiger charge is 2.47. The highest BCUT2D eigenvalue weighted by molar-refractivity contribution is 5.80. The van der Waals surface area contributed by atoms with E-state index in [1.165, 1.54) is 103 Å². The van der Waals surface area contributed by atoms with Crippen LogP contribution in [0.1, 0.15) is 258 Å². The Morgan fingerprint density at radius 3 is 1.39 bits per heavy atom. The summed E-state index contributed by atoms with van der Waals surface area (Å²) in [6.45, 7) is 5.62. The predicted octanol–water partition coefficient (Wildman–Crippen LogP) is 15.5. The van der Waals surface area contributed by atoms with Crippen LogP contribution in [0.2, 0.25) is 0 Å². The third-order valence-electron chi connectivity index (χ3n) is 14.5. The van der Waals surface area contributed by atoms with Gasteiger partial charge in [-0.15, -0.1) is 0 Å². The fourth-order valence-corrected chi connectivity index (χ4v) is 9.41. The van der Waals surface area contributed by atoms with Crippen molar-refractivity contribution < 1.29 is 49.3 Å². The number of aliphatic hydroxyl groups is 5. The van der Waals surface area contributed by atoms with Gasteiger partial charge in [-0.05, 0) is 103 Å². The van der Waals surface area contributed by atoms with Crippen molar-refractivity contribution in [2.24, 2.45) is 0 Å². The minimum atomic E-state index is -1.63. The number of esters is 1. The van der Waals surface area contributed by atoms with Gasteiger partial charge in [0.15, 0.2) is 12.4 Å². The SMILES string of the molecule is CC/C=C/C/C=C/C/C=C/CCCCCCC(=O)OC1C(OCC(NC(=O)C(O)CCCCCCCCCC/C=C\C/C=C\C/C=C\C/C=C\CCCCC)C(O)/C=C/CCCCCCCCCCCC)OC(CO)C(O)C1O. The summed E-state index contributed by atoms with van der Waals surface area (Å²) >= 11 is 0. The van der Waals surface area contributed by atoms with E-state index in [0.717, 1.165) is 109 Å². The van der Waals surface area contributed by atoms with Gasteiger partial charge in [0.1, 0.15) is 24.4 Å². The summed E-state index contributed by atoms with van der Waals surface area (Å²) in [5, 5.41) is 57.0. The zero-order valence-corrected chi connectivity index (χ0v) is 50.2. The van der Waals surface area contributed by atoms with Crippen molar-refractivity contribution in [3.05, 3.63) is 97.2 Å². The lowest BCUT2D eigenvalue weighted by Crippen LogP contribution is -2.61. The first kappa shape index (κ1) is 73.6. The fraction of sp³-hybridized carbons (Fsp3) is 0.735. The van der Waals surface area contributed by atoms with Crippen molar-refractivity contribution in [3.8, 4) is 0 Å². The number of hydrogen-bond donors (Lipinski definition) is 6.